The molecule has 0 aliphatic carbocycles. The number of hydrogen-bond acceptors (Lipinski definition) is 2. The molecule has 0 fully saturated rings. The van der Waals surface area contributed by atoms with Gasteiger partial charge in [-0.15, -0.1) is 0 Å². The molecule has 0 atom stereocenters. The van der Waals surface area contributed by atoms with Crippen LogP contribution in [0.1, 0.15) is 25.7 Å². The van der Waals surface area contributed by atoms with Gasteiger partial charge in [-0.1, -0.05) is 0 Å². The number of carboxylic acid groups (broad SMARTS) is 2. The molecule has 2 N–H and O–H groups in total. The number of hydrogen-bond donors (Lipinski definition) is 2. The van der Waals surface area contributed by atoms with Crippen molar-refractivity contribution in [2.75, 3.05) is 0 Å². The molecule has 0 radical (unpaired) electrons. The summed E-state index contributed by atoms with van der Waals surface area (Å²) in [7, 11) is 0. The zero-order valence-electron chi connectivity index (χ0n) is 5.54. The van der Waals surface area contributed by atoms with Crippen molar-refractivity contribution < 1.29 is 19.8 Å². The maximum absolute atomic E-state index is 9.90. The van der Waals surface area contributed by atoms with Crippen molar-refractivity contribution in [1.29, 1.82) is 0 Å². The van der Waals surface area contributed by atoms with E-state index in [1.165, 1.54) is 0 Å². The molecule has 7 heteroatoms. The Kier molecular flexibility index (Phi) is 27.5. The SMILES string of the molecule is O=C(O)CCCCC(=O)O.[LiH].[LiH].[LiH]. The van der Waals surface area contributed by atoms with Crippen LogP contribution >= 0.6 is 0 Å². The molecule has 0 spiro atoms. The Bertz CT molecular complexity index is 124. The number of aliphatic carboxylic acids is 2. The summed E-state index contributed by atoms with van der Waals surface area (Å²) < 4.78 is 0. The zero-order valence-corrected chi connectivity index (χ0v) is 5.54. The van der Waals surface area contributed by atoms with E-state index in [0.29, 0.717) is 12.8 Å². The second-order valence-corrected chi connectivity index (χ2v) is 1.99. The second kappa shape index (κ2) is 15.2. The second-order valence-electron chi connectivity index (χ2n) is 1.99. The summed E-state index contributed by atoms with van der Waals surface area (Å²) in [6.07, 6.45) is 1.02. The van der Waals surface area contributed by atoms with Crippen LogP contribution in [0.3, 0.4) is 0 Å². The van der Waals surface area contributed by atoms with Crippen molar-refractivity contribution >= 4 is 68.5 Å². The van der Waals surface area contributed by atoms with Gasteiger partial charge in [0.05, 0.1) is 0 Å². The number of unbranched alkanes of at least 4 members (excludes halogenated alkanes) is 1. The molecule has 13 heavy (non-hydrogen) atoms. The van der Waals surface area contributed by atoms with Crippen molar-refractivity contribution in [3.63, 3.8) is 0 Å². The minimum atomic E-state index is -0.870. The van der Waals surface area contributed by atoms with Crippen LogP contribution in [-0.4, -0.2) is 78.7 Å². The van der Waals surface area contributed by atoms with Gasteiger partial charge in [0.2, 0.25) is 0 Å². The van der Waals surface area contributed by atoms with E-state index in [4.69, 9.17) is 10.2 Å². The van der Waals surface area contributed by atoms with Crippen LogP contribution in [0.5, 0.6) is 0 Å². The molecule has 0 unspecified atom stereocenters. The van der Waals surface area contributed by atoms with Crippen LogP contribution in [0.2, 0.25) is 0 Å². The molecule has 0 saturated heterocycles. The van der Waals surface area contributed by atoms with E-state index in [1.54, 1.807) is 0 Å². The van der Waals surface area contributed by atoms with E-state index >= 15 is 0 Å². The van der Waals surface area contributed by atoms with Crippen molar-refractivity contribution in [3.05, 3.63) is 0 Å². The van der Waals surface area contributed by atoms with Gasteiger partial charge >= 0.3 is 68.5 Å². The average molecular weight is 170 g/mol. The molecule has 0 rings (SSSR count). The fourth-order valence-corrected chi connectivity index (χ4v) is 0.552. The predicted molar refractivity (Wildman–Crippen MR) is 55.2 cm³/mol. The van der Waals surface area contributed by atoms with Crippen molar-refractivity contribution in [3.8, 4) is 0 Å². The van der Waals surface area contributed by atoms with E-state index in [9.17, 15) is 9.59 Å². The number of carboxylic acids is 2. The summed E-state index contributed by atoms with van der Waals surface area (Å²) in [6, 6.07) is 0. The van der Waals surface area contributed by atoms with Crippen LogP contribution in [0.4, 0.5) is 0 Å². The summed E-state index contributed by atoms with van der Waals surface area (Å²) in [4.78, 5) is 19.8. The van der Waals surface area contributed by atoms with Crippen molar-refractivity contribution in [1.82, 2.24) is 0 Å². The van der Waals surface area contributed by atoms with E-state index in [2.05, 4.69) is 0 Å². The Morgan fingerprint density at radius 1 is 0.769 bits per heavy atom. The molecule has 64 valence electrons. The van der Waals surface area contributed by atoms with Crippen LogP contribution in [0.15, 0.2) is 0 Å². The van der Waals surface area contributed by atoms with Gasteiger partial charge in [0.1, 0.15) is 0 Å². The van der Waals surface area contributed by atoms with Gasteiger partial charge in [0, 0.05) is 12.8 Å². The summed E-state index contributed by atoms with van der Waals surface area (Å²) >= 11 is 0. The minimum absolute atomic E-state index is 0. The quantitative estimate of drug-likeness (QED) is 0.400. The first-order chi connectivity index (χ1) is 4.63. The molecule has 0 amide bonds. The molecule has 0 aromatic rings. The first kappa shape index (κ1) is 23.5. The Hall–Kier alpha value is 0.732. The van der Waals surface area contributed by atoms with Gasteiger partial charge in [0.15, 0.2) is 0 Å². The first-order valence-electron chi connectivity index (χ1n) is 3.06. The monoisotopic (exact) mass is 170 g/mol. The Morgan fingerprint density at radius 2 is 1.00 bits per heavy atom. The molecule has 0 aliphatic heterocycles. The third kappa shape index (κ3) is 24.5. The standard InChI is InChI=1S/C6H10O4.3Li.3H/c7-5(8)3-1-2-4-6(9)10;;;;;;/h1-4H2,(H,7,8)(H,9,10);;;;;;. The molecular formula is C6H13Li3O4. The van der Waals surface area contributed by atoms with Crippen molar-refractivity contribution in [2.45, 2.75) is 25.7 Å². The van der Waals surface area contributed by atoms with E-state index in [-0.39, 0.29) is 69.4 Å². The normalized spacial score (nSPS) is 7.08. The topological polar surface area (TPSA) is 74.6 Å². The van der Waals surface area contributed by atoms with E-state index in [1.807, 2.05) is 0 Å². The van der Waals surface area contributed by atoms with Gasteiger partial charge in [-0.05, 0) is 12.8 Å². The Balaban J connectivity index is -0.000000135. The number of rotatable bonds is 5. The Labute approximate surface area is 113 Å². The van der Waals surface area contributed by atoms with Crippen LogP contribution < -0.4 is 0 Å². The average Bonchev–Trinajstić information content (AvgIpc) is 1.79. The maximum atomic E-state index is 9.90. The van der Waals surface area contributed by atoms with Crippen molar-refractivity contribution in [2.24, 2.45) is 0 Å². The third-order valence-electron chi connectivity index (χ3n) is 1.03. The van der Waals surface area contributed by atoms with E-state index in [0.717, 1.165) is 0 Å². The molecule has 0 heterocycles. The van der Waals surface area contributed by atoms with Gasteiger partial charge in [-0.3, -0.25) is 9.59 Å². The zero-order chi connectivity index (χ0) is 7.98. The van der Waals surface area contributed by atoms with Gasteiger partial charge < -0.3 is 10.2 Å². The molecular weight excluding hydrogens is 157 g/mol. The molecule has 0 aromatic carbocycles. The molecule has 0 aliphatic rings. The van der Waals surface area contributed by atoms with Crippen LogP contribution in [0, 0.1) is 0 Å². The van der Waals surface area contributed by atoms with E-state index < -0.39 is 11.9 Å². The predicted octanol–water partition coefficient (Wildman–Crippen LogP) is -1.23. The molecule has 0 bridgehead atoms. The van der Waals surface area contributed by atoms with Gasteiger partial charge in [0.25, 0.3) is 0 Å². The fraction of sp³-hybridized carbons (Fsp3) is 0.667. The summed E-state index contributed by atoms with van der Waals surface area (Å²) in [6.45, 7) is 0. The first-order valence-corrected chi connectivity index (χ1v) is 3.06. The Morgan fingerprint density at radius 3 is 1.15 bits per heavy atom. The molecule has 4 nitrogen and oxygen atoms in total. The van der Waals surface area contributed by atoms with Gasteiger partial charge in [-0.2, -0.15) is 0 Å². The summed E-state index contributed by atoms with van der Waals surface area (Å²) in [5.74, 6) is -1.74. The summed E-state index contributed by atoms with van der Waals surface area (Å²) in [5, 5.41) is 16.3. The van der Waals surface area contributed by atoms with Crippen LogP contribution in [0.25, 0.3) is 0 Å². The number of carbonyl (C=O) groups is 2. The van der Waals surface area contributed by atoms with Gasteiger partial charge in [-0.25, -0.2) is 0 Å². The molecule has 0 saturated carbocycles. The molecule has 0 aromatic heterocycles. The van der Waals surface area contributed by atoms with Crippen LogP contribution in [-0.2, 0) is 9.59 Å². The summed E-state index contributed by atoms with van der Waals surface area (Å²) in [5.41, 5.74) is 0. The fourth-order valence-electron chi connectivity index (χ4n) is 0.552. The third-order valence-corrected chi connectivity index (χ3v) is 1.03.